The average Bonchev–Trinajstić information content (AvgIpc) is 2.42. The Hall–Kier alpha value is -1.38. The fourth-order valence-electron chi connectivity index (χ4n) is 2.88. The first-order valence-electron chi connectivity index (χ1n) is 7.16. The van der Waals surface area contributed by atoms with Crippen molar-refractivity contribution in [3.63, 3.8) is 0 Å². The molecule has 20 heavy (non-hydrogen) atoms. The van der Waals surface area contributed by atoms with Gasteiger partial charge in [0.25, 0.3) is 0 Å². The van der Waals surface area contributed by atoms with Crippen LogP contribution in [0.3, 0.4) is 0 Å². The van der Waals surface area contributed by atoms with E-state index in [1.165, 1.54) is 16.3 Å². The Bertz CT molecular complexity index is 571. The van der Waals surface area contributed by atoms with Crippen LogP contribution < -0.4 is 5.32 Å². The quantitative estimate of drug-likeness (QED) is 0.901. The zero-order chi connectivity index (χ0) is 14.8. The second-order valence-electron chi connectivity index (χ2n) is 6.40. The molecule has 0 spiro atoms. The van der Waals surface area contributed by atoms with E-state index in [0.29, 0.717) is 0 Å². The Kier molecular flexibility index (Phi) is 4.46. The van der Waals surface area contributed by atoms with Crippen LogP contribution in [0, 0.1) is 5.41 Å². The van der Waals surface area contributed by atoms with Gasteiger partial charge < -0.3 is 10.1 Å². The minimum Gasteiger partial charge on any atom is -0.379 e. The van der Waals surface area contributed by atoms with Crippen molar-refractivity contribution < 1.29 is 4.74 Å². The van der Waals surface area contributed by atoms with E-state index < -0.39 is 0 Å². The molecular formula is C18H25NO. The summed E-state index contributed by atoms with van der Waals surface area (Å²) in [5.41, 5.74) is 1.35. The Labute approximate surface area is 122 Å². The lowest BCUT2D eigenvalue weighted by molar-refractivity contribution is -0.0101. The topological polar surface area (TPSA) is 21.3 Å². The average molecular weight is 271 g/mol. The molecule has 0 bridgehead atoms. The fraction of sp³-hybridized carbons (Fsp3) is 0.444. The van der Waals surface area contributed by atoms with Crippen LogP contribution >= 0.6 is 0 Å². The summed E-state index contributed by atoms with van der Waals surface area (Å²) in [5.74, 6) is 0. The molecule has 0 fully saturated rings. The lowest BCUT2D eigenvalue weighted by atomic mass is 9.81. The van der Waals surface area contributed by atoms with Gasteiger partial charge in [-0.2, -0.15) is 0 Å². The highest BCUT2D eigenvalue weighted by molar-refractivity contribution is 5.83. The number of fused-ring (bicyclic) bond motifs is 1. The maximum absolute atomic E-state index is 5.77. The van der Waals surface area contributed by atoms with Crippen LogP contribution in [0.1, 0.15) is 32.4 Å². The first-order valence-corrected chi connectivity index (χ1v) is 7.16. The van der Waals surface area contributed by atoms with Gasteiger partial charge in [0.05, 0.1) is 12.1 Å². The molecule has 2 aromatic rings. The largest absolute Gasteiger partial charge is 0.379 e. The Balaban J connectivity index is 2.43. The molecule has 2 aromatic carbocycles. The Morgan fingerprint density at radius 1 is 1.00 bits per heavy atom. The van der Waals surface area contributed by atoms with Gasteiger partial charge in [-0.1, -0.05) is 57.2 Å². The molecule has 2 unspecified atom stereocenters. The summed E-state index contributed by atoms with van der Waals surface area (Å²) in [6.07, 6.45) is 0.119. The molecule has 2 heteroatoms. The molecule has 0 aliphatic rings. The number of hydrogen-bond acceptors (Lipinski definition) is 2. The van der Waals surface area contributed by atoms with Crippen molar-refractivity contribution in [2.24, 2.45) is 5.41 Å². The zero-order valence-corrected chi connectivity index (χ0v) is 13.1. The molecule has 1 N–H and O–H groups in total. The van der Waals surface area contributed by atoms with E-state index >= 15 is 0 Å². The van der Waals surface area contributed by atoms with Crippen LogP contribution in [0.25, 0.3) is 10.8 Å². The number of nitrogens with one attached hydrogen (secondary N) is 1. The first-order chi connectivity index (χ1) is 9.47. The minimum absolute atomic E-state index is 0.0775. The summed E-state index contributed by atoms with van der Waals surface area (Å²) >= 11 is 0. The molecule has 0 saturated carbocycles. The van der Waals surface area contributed by atoms with Gasteiger partial charge in [-0.05, 0) is 34.9 Å². The van der Waals surface area contributed by atoms with Crippen LogP contribution in [0.5, 0.6) is 0 Å². The molecule has 0 radical (unpaired) electrons. The van der Waals surface area contributed by atoms with Gasteiger partial charge in [-0.3, -0.25) is 0 Å². The SMILES string of the molecule is CNC(c1ccc2ccccc2c1)C(OC)C(C)(C)C. The second-order valence-corrected chi connectivity index (χ2v) is 6.40. The van der Waals surface area contributed by atoms with E-state index in [1.807, 2.05) is 7.05 Å². The van der Waals surface area contributed by atoms with Gasteiger partial charge in [0.15, 0.2) is 0 Å². The summed E-state index contributed by atoms with van der Waals surface area (Å²) in [5, 5.41) is 5.96. The summed E-state index contributed by atoms with van der Waals surface area (Å²) in [4.78, 5) is 0. The van der Waals surface area contributed by atoms with Crippen molar-refractivity contribution in [1.29, 1.82) is 0 Å². The predicted octanol–water partition coefficient (Wildman–Crippen LogP) is 4.16. The zero-order valence-electron chi connectivity index (χ0n) is 13.1. The number of benzene rings is 2. The van der Waals surface area contributed by atoms with Crippen molar-refractivity contribution in [1.82, 2.24) is 5.32 Å². The highest BCUT2D eigenvalue weighted by Gasteiger charge is 2.32. The van der Waals surface area contributed by atoms with Gasteiger partial charge >= 0.3 is 0 Å². The smallest absolute Gasteiger partial charge is 0.0813 e. The van der Waals surface area contributed by atoms with E-state index in [-0.39, 0.29) is 17.6 Å². The molecule has 2 atom stereocenters. The van der Waals surface area contributed by atoms with Crippen molar-refractivity contribution >= 4 is 10.8 Å². The van der Waals surface area contributed by atoms with E-state index in [2.05, 4.69) is 68.6 Å². The van der Waals surface area contributed by atoms with Crippen LogP contribution in [-0.4, -0.2) is 20.3 Å². The maximum atomic E-state index is 5.77. The molecule has 0 aliphatic heterocycles. The van der Waals surface area contributed by atoms with E-state index in [4.69, 9.17) is 4.74 Å². The fourth-order valence-corrected chi connectivity index (χ4v) is 2.88. The van der Waals surface area contributed by atoms with Crippen LogP contribution in [-0.2, 0) is 4.74 Å². The third-order valence-electron chi connectivity index (χ3n) is 3.85. The number of rotatable bonds is 4. The number of methoxy groups -OCH3 is 1. The predicted molar refractivity (Wildman–Crippen MR) is 86.0 cm³/mol. The molecule has 0 amide bonds. The second kappa shape index (κ2) is 5.94. The van der Waals surface area contributed by atoms with E-state index in [0.717, 1.165) is 0 Å². The van der Waals surface area contributed by atoms with Gasteiger partial charge in [-0.15, -0.1) is 0 Å². The third-order valence-corrected chi connectivity index (χ3v) is 3.85. The molecule has 108 valence electrons. The lowest BCUT2D eigenvalue weighted by Gasteiger charge is -2.36. The van der Waals surface area contributed by atoms with Crippen molar-refractivity contribution in [2.75, 3.05) is 14.2 Å². The maximum Gasteiger partial charge on any atom is 0.0813 e. The standard InChI is InChI=1S/C18H25NO/c1-18(2,3)17(20-5)16(19-4)15-11-10-13-8-6-7-9-14(13)12-15/h6-12,16-17,19H,1-5H3. The van der Waals surface area contributed by atoms with Gasteiger partial charge in [-0.25, -0.2) is 0 Å². The summed E-state index contributed by atoms with van der Waals surface area (Å²) in [6, 6.07) is 15.3. The monoisotopic (exact) mass is 271 g/mol. The van der Waals surface area contributed by atoms with Crippen LogP contribution in [0.15, 0.2) is 42.5 Å². The normalized spacial score (nSPS) is 15.2. The first kappa shape index (κ1) is 15.0. The summed E-state index contributed by atoms with van der Waals surface area (Å²) in [6.45, 7) is 6.64. The van der Waals surface area contributed by atoms with Crippen LogP contribution in [0.4, 0.5) is 0 Å². The molecule has 0 aromatic heterocycles. The van der Waals surface area contributed by atoms with Gasteiger partial charge in [0.2, 0.25) is 0 Å². The molecule has 2 nitrogen and oxygen atoms in total. The number of ether oxygens (including phenoxy) is 1. The highest BCUT2D eigenvalue weighted by atomic mass is 16.5. The Morgan fingerprint density at radius 2 is 1.65 bits per heavy atom. The van der Waals surface area contributed by atoms with Gasteiger partial charge in [0.1, 0.15) is 0 Å². The molecule has 2 rings (SSSR count). The van der Waals surface area contributed by atoms with Gasteiger partial charge in [0, 0.05) is 7.11 Å². The van der Waals surface area contributed by atoms with E-state index in [9.17, 15) is 0 Å². The molecule has 0 aliphatic carbocycles. The van der Waals surface area contributed by atoms with E-state index in [1.54, 1.807) is 7.11 Å². The number of hydrogen-bond donors (Lipinski definition) is 1. The molecular weight excluding hydrogens is 246 g/mol. The number of likely N-dealkylation sites (N-methyl/N-ethyl adjacent to an activating group) is 1. The van der Waals surface area contributed by atoms with Crippen LogP contribution in [0.2, 0.25) is 0 Å². The van der Waals surface area contributed by atoms with Crippen molar-refractivity contribution in [3.8, 4) is 0 Å². The minimum atomic E-state index is 0.0775. The van der Waals surface area contributed by atoms with Crippen molar-refractivity contribution in [3.05, 3.63) is 48.0 Å². The third kappa shape index (κ3) is 3.02. The highest BCUT2D eigenvalue weighted by Crippen LogP contribution is 2.33. The summed E-state index contributed by atoms with van der Waals surface area (Å²) < 4.78 is 5.77. The summed E-state index contributed by atoms with van der Waals surface area (Å²) in [7, 11) is 3.79. The molecule has 0 heterocycles. The lowest BCUT2D eigenvalue weighted by Crippen LogP contribution is -2.40. The Morgan fingerprint density at radius 3 is 2.20 bits per heavy atom. The molecule has 0 saturated heterocycles. The van der Waals surface area contributed by atoms with Crippen molar-refractivity contribution in [2.45, 2.75) is 32.9 Å².